The van der Waals surface area contributed by atoms with Crippen molar-refractivity contribution in [3.63, 3.8) is 0 Å². The van der Waals surface area contributed by atoms with Crippen molar-refractivity contribution in [3.8, 4) is 0 Å². The second-order valence-corrected chi connectivity index (χ2v) is 43.0. The first kappa shape index (κ1) is 74.8. The Morgan fingerprint density at radius 2 is 0.971 bits per heavy atom. The van der Waals surface area contributed by atoms with Gasteiger partial charge in [-0.3, -0.25) is 4.57 Å². The summed E-state index contributed by atoms with van der Waals surface area (Å²) in [4.78, 5) is 33.0. The molecule has 0 aromatic carbocycles. The van der Waals surface area contributed by atoms with Crippen molar-refractivity contribution in [1.29, 1.82) is 0 Å². The molecule has 0 aromatic rings. The summed E-state index contributed by atoms with van der Waals surface area (Å²) >= 11 is 0. The van der Waals surface area contributed by atoms with Gasteiger partial charge in [0.2, 0.25) is 25.0 Å². The number of hydrogen-bond acceptors (Lipinski definition) is 14. The normalized spacial score (nSPS) is 13.2. The molecule has 0 N–H and O–H groups in total. The second-order valence-electron chi connectivity index (χ2n) is 18.7. The maximum Gasteiger partial charge on any atom is 0.427 e. The van der Waals surface area contributed by atoms with Gasteiger partial charge in [0.25, 0.3) is 0 Å². The van der Waals surface area contributed by atoms with Crippen LogP contribution in [0.4, 0.5) is 0 Å². The summed E-state index contributed by atoms with van der Waals surface area (Å²) in [5.74, 6) is -0.944. The van der Waals surface area contributed by atoms with Crippen LogP contribution in [0, 0.1) is 0 Å². The smallest absolute Gasteiger partial charge is 0.427 e. The average Bonchev–Trinajstić information content (AvgIpc) is 3.69. The monoisotopic (exact) mass is 1070 g/mol. The molecule has 0 spiro atoms. The highest BCUT2D eigenvalue weighted by molar-refractivity contribution is 6.76. The fourth-order valence-corrected chi connectivity index (χ4v) is 12.5. The van der Waals surface area contributed by atoms with E-state index in [2.05, 4.69) is 96.4 Å². The molecular formula is C48H101NO13Si6. The molecule has 0 atom stereocenters. The number of carbonyl (C=O) groups excluding carboxylic acids is 3. The lowest BCUT2D eigenvalue weighted by atomic mass is 10.4. The minimum absolute atomic E-state index is 0.300. The van der Waals surface area contributed by atoms with Crippen molar-refractivity contribution in [3.05, 3.63) is 73.7 Å². The van der Waals surface area contributed by atoms with Crippen molar-refractivity contribution >= 4 is 68.2 Å². The van der Waals surface area contributed by atoms with Crippen LogP contribution in [0.5, 0.6) is 0 Å². The zero-order valence-electron chi connectivity index (χ0n) is 46.9. The van der Waals surface area contributed by atoms with E-state index in [-0.39, 0.29) is 17.9 Å². The Kier molecular flexibility index (Phi) is 44.5. The average molecular weight is 1070 g/mol. The molecule has 1 aliphatic heterocycles. The maximum atomic E-state index is 11.1. The molecular weight excluding hydrogens is 967 g/mol. The van der Waals surface area contributed by atoms with E-state index in [1.807, 2.05) is 44.4 Å². The summed E-state index contributed by atoms with van der Waals surface area (Å²) < 4.78 is 55.0. The van der Waals surface area contributed by atoms with Crippen molar-refractivity contribution in [1.82, 2.24) is 4.57 Å². The summed E-state index contributed by atoms with van der Waals surface area (Å²) in [5.41, 5.74) is 5.18. The number of nitrogens with zero attached hydrogens (tertiary/aromatic N) is 1. The molecule has 0 unspecified atom stereocenters. The van der Waals surface area contributed by atoms with Crippen LogP contribution in [-0.4, -0.2) is 154 Å². The van der Waals surface area contributed by atoms with Crippen LogP contribution in [-0.2, 0) is 59.6 Å². The molecule has 0 amide bonds. The summed E-state index contributed by atoms with van der Waals surface area (Å²) in [7, 11) is -0.940. The van der Waals surface area contributed by atoms with E-state index in [0.29, 0.717) is 36.2 Å². The molecule has 1 rings (SSSR count). The summed E-state index contributed by atoms with van der Waals surface area (Å²) in [6, 6.07) is 3.10. The Labute approximate surface area is 422 Å². The molecule has 20 heteroatoms. The van der Waals surface area contributed by atoms with Gasteiger partial charge in [-0.1, -0.05) is 37.2 Å². The Balaban J connectivity index is -0.000000237. The van der Waals surface area contributed by atoms with Gasteiger partial charge in [-0.25, -0.2) is 14.4 Å². The Hall–Kier alpha value is -2.17. The van der Waals surface area contributed by atoms with E-state index < -0.39 is 50.3 Å². The predicted molar refractivity (Wildman–Crippen MR) is 299 cm³/mol. The first-order valence-corrected chi connectivity index (χ1v) is 40.6. The van der Waals surface area contributed by atoms with Crippen LogP contribution in [0.3, 0.4) is 0 Å². The minimum Gasteiger partial charge on any atom is -0.463 e. The predicted octanol–water partition coefficient (Wildman–Crippen LogP) is 11.2. The lowest BCUT2D eigenvalue weighted by Gasteiger charge is -2.30. The highest BCUT2D eigenvalue weighted by Crippen LogP contribution is 2.26. The van der Waals surface area contributed by atoms with Crippen LogP contribution in [0.25, 0.3) is 0 Å². The maximum absolute atomic E-state index is 11.1. The Morgan fingerprint density at radius 1 is 0.574 bits per heavy atom. The van der Waals surface area contributed by atoms with E-state index in [1.54, 1.807) is 56.3 Å². The highest BCUT2D eigenvalue weighted by atomic mass is 28.4. The summed E-state index contributed by atoms with van der Waals surface area (Å²) in [6.07, 6.45) is 5.21. The Bertz CT molecular complexity index is 1470. The molecule has 0 radical (unpaired) electrons. The third-order valence-corrected chi connectivity index (χ3v) is 24.9. The number of rotatable bonds is 26. The molecule has 0 aliphatic carbocycles. The van der Waals surface area contributed by atoms with Crippen LogP contribution >= 0.6 is 0 Å². The van der Waals surface area contributed by atoms with Gasteiger partial charge in [0.15, 0.2) is 16.6 Å². The van der Waals surface area contributed by atoms with Gasteiger partial charge < -0.3 is 45.2 Å². The molecule has 1 fully saturated rings. The second kappa shape index (κ2) is 40.4. The van der Waals surface area contributed by atoms with Gasteiger partial charge >= 0.3 is 26.6 Å². The fraction of sp³-hybridized carbons (Fsp3) is 0.688. The third-order valence-electron chi connectivity index (χ3n) is 9.96. The minimum atomic E-state index is -1.97. The van der Waals surface area contributed by atoms with E-state index in [9.17, 15) is 14.4 Å². The first-order chi connectivity index (χ1) is 31.2. The van der Waals surface area contributed by atoms with Gasteiger partial charge in [0.05, 0.1) is 13.2 Å². The van der Waals surface area contributed by atoms with Crippen molar-refractivity contribution in [2.75, 3.05) is 81.3 Å². The molecule has 1 saturated heterocycles. The van der Waals surface area contributed by atoms with E-state index >= 15 is 0 Å². The van der Waals surface area contributed by atoms with Gasteiger partial charge in [-0.05, 0) is 138 Å². The van der Waals surface area contributed by atoms with Gasteiger partial charge in [0, 0.05) is 78.1 Å². The SMILES string of the molecule is C=C(C)C(=O)OCCC[Si](C)(C)OC.C=C(C)C(=O)OCCC[Si](C)(C)OCC.C=C(C)C(=O)OC[Si](C)(C)OC.C=CCN1CCC[Si]1(OC)OC.C=C[Si](C)(C)OC.C=C[Si](C)(C)OCC. The Morgan fingerprint density at radius 3 is 1.26 bits per heavy atom. The fourth-order valence-electron chi connectivity index (χ4n) is 4.83. The topological polar surface area (TPSA) is 147 Å². The van der Waals surface area contributed by atoms with E-state index in [0.717, 1.165) is 57.3 Å². The highest BCUT2D eigenvalue weighted by Gasteiger charge is 2.46. The van der Waals surface area contributed by atoms with Crippen molar-refractivity contribution < 1.29 is 59.6 Å². The van der Waals surface area contributed by atoms with Crippen LogP contribution in [0.2, 0.25) is 83.6 Å². The third kappa shape index (κ3) is 42.7. The van der Waals surface area contributed by atoms with Crippen molar-refractivity contribution in [2.45, 2.75) is 137 Å². The summed E-state index contributed by atoms with van der Waals surface area (Å²) in [5, 5.41) is 0. The molecule has 0 bridgehead atoms. The standard InChI is InChI=1S/C11H22O3Si.C10H20O3Si.C8H17NO2Si.C8H16O3Si.C6H14OSi.C5H12OSi/c1-6-14-15(4,5)9-7-8-13-11(12)10(2)3;1-9(2)10(11)13-7-6-8-14(4,5)12-3;1-4-6-9-7-5-8-12(9,10-2)11-3;1-7(2)8(9)11-6-12(4,5)10-3;1-5-7-8(3,4)6-2;1-5-7(3,4)6-2/h2,6-9H2,1,3-5H3;1,6-8H2,2-5H3;4H,1,5-8H2,2-3H3;1,6H2,2-5H3;6H,2,5H2,1,3-4H3;5H,1H2,2-4H3. The quantitative estimate of drug-likeness (QED) is 0.0202. The lowest BCUT2D eigenvalue weighted by Crippen LogP contribution is -2.53. The number of carbonyl (C=O) groups is 3. The molecule has 68 heavy (non-hydrogen) atoms. The number of hydrogen-bond donors (Lipinski definition) is 0. The van der Waals surface area contributed by atoms with Crippen LogP contribution in [0.1, 0.15) is 53.9 Å². The molecule has 1 aliphatic rings. The molecule has 14 nitrogen and oxygen atoms in total. The van der Waals surface area contributed by atoms with Gasteiger partial charge in [-0.15, -0.1) is 19.7 Å². The van der Waals surface area contributed by atoms with E-state index in [4.69, 9.17) is 45.2 Å². The van der Waals surface area contributed by atoms with Gasteiger partial charge in [-0.2, -0.15) is 0 Å². The zero-order valence-corrected chi connectivity index (χ0v) is 52.9. The largest absolute Gasteiger partial charge is 0.463 e. The molecule has 0 saturated carbocycles. The molecule has 400 valence electrons. The number of esters is 3. The van der Waals surface area contributed by atoms with E-state index in [1.165, 1.54) is 6.42 Å². The zero-order chi connectivity index (χ0) is 54.4. The summed E-state index contributed by atoms with van der Waals surface area (Å²) in [6.45, 7) is 56.1. The van der Waals surface area contributed by atoms with Crippen LogP contribution < -0.4 is 0 Å². The lowest BCUT2D eigenvalue weighted by molar-refractivity contribution is -0.139. The van der Waals surface area contributed by atoms with Crippen LogP contribution in [0.15, 0.2) is 73.7 Å². The molecule has 1 heterocycles. The van der Waals surface area contributed by atoms with Gasteiger partial charge in [0.1, 0.15) is 6.23 Å². The number of ether oxygens (including phenoxy) is 3. The van der Waals surface area contributed by atoms with Crippen molar-refractivity contribution in [2.24, 2.45) is 0 Å². The first-order valence-electron chi connectivity index (χ1n) is 23.3. The molecule has 0 aromatic heterocycles.